The summed E-state index contributed by atoms with van der Waals surface area (Å²) in [7, 11) is 0. The minimum atomic E-state index is -0.324. The van der Waals surface area contributed by atoms with Gasteiger partial charge in [-0.15, -0.1) is 0 Å². The molecule has 37 heavy (non-hydrogen) atoms. The molecule has 8 heteroatoms. The molecule has 0 bridgehead atoms. The fraction of sp³-hybridized carbons (Fsp3) is 0.414. The number of carbonyl (C=O) groups excluding carboxylic acids is 2. The van der Waals surface area contributed by atoms with E-state index in [2.05, 4.69) is 38.3 Å². The van der Waals surface area contributed by atoms with E-state index < -0.39 is 0 Å². The molecule has 198 valence electrons. The number of unbranched alkanes of at least 4 members (excludes halogenated alkanes) is 1. The van der Waals surface area contributed by atoms with E-state index in [-0.39, 0.29) is 23.9 Å². The number of carbonyl (C=O) groups is 2. The molecule has 3 rings (SSSR count). The van der Waals surface area contributed by atoms with Crippen molar-refractivity contribution in [1.29, 1.82) is 0 Å². The molecular weight excluding hydrogens is 466 g/mol. The maximum atomic E-state index is 13.2. The molecule has 0 radical (unpaired) electrons. The van der Waals surface area contributed by atoms with E-state index in [0.717, 1.165) is 35.5 Å². The van der Waals surface area contributed by atoms with Crippen molar-refractivity contribution in [2.75, 3.05) is 30.3 Å². The number of nitrogens with zero attached hydrogens (tertiary/aromatic N) is 3. The molecule has 0 spiro atoms. The fourth-order valence-electron chi connectivity index (χ4n) is 3.78. The Morgan fingerprint density at radius 1 is 1.03 bits per heavy atom. The van der Waals surface area contributed by atoms with Gasteiger partial charge in [-0.1, -0.05) is 52.3 Å². The molecule has 1 heterocycles. The van der Waals surface area contributed by atoms with Gasteiger partial charge in [0.15, 0.2) is 0 Å². The Morgan fingerprint density at radius 2 is 1.73 bits per heavy atom. The first-order valence-corrected chi connectivity index (χ1v) is 12.9. The van der Waals surface area contributed by atoms with Crippen LogP contribution in [0.2, 0.25) is 0 Å². The van der Waals surface area contributed by atoms with E-state index in [0.29, 0.717) is 24.7 Å². The SMILES string of the molecule is CCCCN(CC(=O)Nc1cc(C(C)(C)C)nn1-c1ccccc1C)C(=O)Nc1ccc(OCC)cc1. The summed E-state index contributed by atoms with van der Waals surface area (Å²) in [6.07, 6.45) is 1.70. The number of rotatable bonds is 10. The number of ether oxygens (including phenoxy) is 1. The molecule has 3 amide bonds. The van der Waals surface area contributed by atoms with Crippen LogP contribution in [0.3, 0.4) is 0 Å². The number of amides is 3. The third kappa shape index (κ3) is 7.59. The van der Waals surface area contributed by atoms with Gasteiger partial charge >= 0.3 is 6.03 Å². The first kappa shape index (κ1) is 27.8. The molecule has 0 aliphatic rings. The Kier molecular flexibility index (Phi) is 9.33. The van der Waals surface area contributed by atoms with E-state index in [1.807, 2.05) is 56.3 Å². The van der Waals surface area contributed by atoms with E-state index in [4.69, 9.17) is 9.84 Å². The molecule has 0 aliphatic heterocycles. The number of nitrogens with one attached hydrogen (secondary N) is 2. The predicted octanol–water partition coefficient (Wildman–Crippen LogP) is 6.15. The van der Waals surface area contributed by atoms with Crippen molar-refractivity contribution in [2.45, 2.75) is 59.8 Å². The van der Waals surface area contributed by atoms with Gasteiger partial charge in [0, 0.05) is 23.7 Å². The zero-order chi connectivity index (χ0) is 27.0. The summed E-state index contributed by atoms with van der Waals surface area (Å²) >= 11 is 0. The van der Waals surface area contributed by atoms with Crippen LogP contribution < -0.4 is 15.4 Å². The van der Waals surface area contributed by atoms with Crippen molar-refractivity contribution >= 4 is 23.4 Å². The van der Waals surface area contributed by atoms with Crippen molar-refractivity contribution < 1.29 is 14.3 Å². The average Bonchev–Trinajstić information content (AvgIpc) is 3.27. The van der Waals surface area contributed by atoms with Gasteiger partial charge in [-0.25, -0.2) is 9.48 Å². The molecule has 0 fully saturated rings. The van der Waals surface area contributed by atoms with Crippen molar-refractivity contribution in [1.82, 2.24) is 14.7 Å². The second-order valence-electron chi connectivity index (χ2n) is 10.1. The Bertz CT molecular complexity index is 1190. The molecule has 0 saturated carbocycles. The number of hydrogen-bond donors (Lipinski definition) is 2. The van der Waals surface area contributed by atoms with Crippen LogP contribution in [0.1, 0.15) is 58.7 Å². The van der Waals surface area contributed by atoms with Crippen LogP contribution >= 0.6 is 0 Å². The zero-order valence-electron chi connectivity index (χ0n) is 22.8. The lowest BCUT2D eigenvalue weighted by atomic mass is 9.92. The standard InChI is InChI=1S/C29H39N5O3/c1-7-9-18-33(28(36)30-22-14-16-23(17-15-22)37-8-2)20-27(35)31-26-19-25(29(4,5)6)32-34(26)24-13-11-10-12-21(24)3/h10-17,19H,7-9,18,20H2,1-6H3,(H,30,36)(H,31,35). The number of aryl methyl sites for hydroxylation is 1. The van der Waals surface area contributed by atoms with E-state index in [1.54, 1.807) is 16.8 Å². The highest BCUT2D eigenvalue weighted by Gasteiger charge is 2.23. The topological polar surface area (TPSA) is 88.5 Å². The van der Waals surface area contributed by atoms with Crippen molar-refractivity contribution in [3.05, 3.63) is 65.9 Å². The summed E-state index contributed by atoms with van der Waals surface area (Å²) in [4.78, 5) is 27.8. The highest BCUT2D eigenvalue weighted by molar-refractivity contribution is 5.96. The maximum Gasteiger partial charge on any atom is 0.322 e. The second-order valence-corrected chi connectivity index (χ2v) is 10.1. The van der Waals surface area contributed by atoms with Gasteiger partial charge in [0.05, 0.1) is 18.0 Å². The van der Waals surface area contributed by atoms with Crippen LogP contribution in [0.15, 0.2) is 54.6 Å². The number of hydrogen-bond acceptors (Lipinski definition) is 4. The van der Waals surface area contributed by atoms with E-state index in [1.165, 1.54) is 4.90 Å². The van der Waals surface area contributed by atoms with Crippen LogP contribution in [0, 0.1) is 6.92 Å². The largest absolute Gasteiger partial charge is 0.494 e. The molecule has 8 nitrogen and oxygen atoms in total. The van der Waals surface area contributed by atoms with Crippen molar-refractivity contribution in [3.8, 4) is 11.4 Å². The van der Waals surface area contributed by atoms with Gasteiger partial charge in [-0.3, -0.25) is 4.79 Å². The van der Waals surface area contributed by atoms with Gasteiger partial charge < -0.3 is 20.3 Å². The molecule has 0 unspecified atom stereocenters. The molecule has 0 atom stereocenters. The lowest BCUT2D eigenvalue weighted by Gasteiger charge is -2.22. The van der Waals surface area contributed by atoms with Crippen molar-refractivity contribution in [3.63, 3.8) is 0 Å². The summed E-state index contributed by atoms with van der Waals surface area (Å²) in [6, 6.07) is 16.7. The first-order valence-electron chi connectivity index (χ1n) is 12.9. The van der Waals surface area contributed by atoms with Crippen LogP contribution in [0.25, 0.3) is 5.69 Å². The van der Waals surface area contributed by atoms with Crippen molar-refractivity contribution in [2.24, 2.45) is 0 Å². The average molecular weight is 506 g/mol. The first-order chi connectivity index (χ1) is 17.6. The highest BCUT2D eigenvalue weighted by Crippen LogP contribution is 2.27. The lowest BCUT2D eigenvalue weighted by molar-refractivity contribution is -0.116. The fourth-order valence-corrected chi connectivity index (χ4v) is 3.78. The van der Waals surface area contributed by atoms with Gasteiger partial charge in [-0.05, 0) is 56.2 Å². The number of para-hydroxylation sites is 1. The van der Waals surface area contributed by atoms with Gasteiger partial charge in [0.2, 0.25) is 5.91 Å². The summed E-state index contributed by atoms with van der Waals surface area (Å²) in [5, 5.41) is 10.7. The Balaban J connectivity index is 1.78. The predicted molar refractivity (Wildman–Crippen MR) is 149 cm³/mol. The zero-order valence-corrected chi connectivity index (χ0v) is 22.8. The summed E-state index contributed by atoms with van der Waals surface area (Å²) in [6.45, 7) is 13.2. The van der Waals surface area contributed by atoms with Gasteiger partial charge in [0.1, 0.15) is 18.1 Å². The number of aromatic nitrogens is 2. The normalized spacial score (nSPS) is 11.2. The van der Waals surface area contributed by atoms with Crippen LogP contribution in [0.4, 0.5) is 16.3 Å². The van der Waals surface area contributed by atoms with Gasteiger partial charge in [0.25, 0.3) is 0 Å². The third-order valence-corrected chi connectivity index (χ3v) is 5.91. The maximum absolute atomic E-state index is 13.2. The summed E-state index contributed by atoms with van der Waals surface area (Å²) in [5.41, 5.74) is 3.24. The van der Waals surface area contributed by atoms with Crippen LogP contribution in [-0.4, -0.2) is 46.3 Å². The molecule has 2 N–H and O–H groups in total. The third-order valence-electron chi connectivity index (χ3n) is 5.91. The molecule has 1 aromatic heterocycles. The summed E-state index contributed by atoms with van der Waals surface area (Å²) < 4.78 is 7.23. The Labute approximate surface area is 220 Å². The Morgan fingerprint density at radius 3 is 2.35 bits per heavy atom. The van der Waals surface area contributed by atoms with Crippen LogP contribution in [0.5, 0.6) is 5.75 Å². The smallest absolute Gasteiger partial charge is 0.322 e. The molecular formula is C29H39N5O3. The monoisotopic (exact) mass is 505 g/mol. The minimum Gasteiger partial charge on any atom is -0.494 e. The molecule has 2 aromatic carbocycles. The lowest BCUT2D eigenvalue weighted by Crippen LogP contribution is -2.41. The minimum absolute atomic E-state index is 0.0767. The van der Waals surface area contributed by atoms with E-state index >= 15 is 0 Å². The number of urea groups is 1. The number of anilines is 2. The van der Waals surface area contributed by atoms with Crippen LogP contribution in [-0.2, 0) is 10.2 Å². The van der Waals surface area contributed by atoms with E-state index in [9.17, 15) is 9.59 Å². The second kappa shape index (κ2) is 12.4. The molecule has 0 aliphatic carbocycles. The number of benzene rings is 2. The molecule has 0 saturated heterocycles. The Hall–Kier alpha value is -3.81. The quantitative estimate of drug-likeness (QED) is 0.346. The van der Waals surface area contributed by atoms with Gasteiger partial charge in [-0.2, -0.15) is 5.10 Å². The molecule has 3 aromatic rings. The highest BCUT2D eigenvalue weighted by atomic mass is 16.5. The summed E-state index contributed by atoms with van der Waals surface area (Å²) in [5.74, 6) is 1.03.